The topological polar surface area (TPSA) is 55.4 Å². The van der Waals surface area contributed by atoms with Gasteiger partial charge in [0.15, 0.2) is 6.61 Å². The molecule has 0 fully saturated rings. The van der Waals surface area contributed by atoms with Crippen molar-refractivity contribution in [2.24, 2.45) is 0 Å². The molecule has 4 nitrogen and oxygen atoms in total. The number of nitrogens with one attached hydrogen (secondary N) is 1. The van der Waals surface area contributed by atoms with Gasteiger partial charge in [0.25, 0.3) is 5.91 Å². The Morgan fingerprint density at radius 1 is 1.14 bits per heavy atom. The van der Waals surface area contributed by atoms with E-state index < -0.39 is 5.97 Å². The van der Waals surface area contributed by atoms with Gasteiger partial charge in [-0.25, -0.2) is 4.79 Å². The van der Waals surface area contributed by atoms with Gasteiger partial charge in [0.1, 0.15) is 0 Å². The second-order valence-electron chi connectivity index (χ2n) is 4.46. The molecule has 1 amide bonds. The fourth-order valence-corrected chi connectivity index (χ4v) is 2.39. The average Bonchev–Trinajstić information content (AvgIpc) is 2.51. The first-order valence-electron chi connectivity index (χ1n) is 6.49. The Morgan fingerprint density at radius 3 is 2.64 bits per heavy atom. The summed E-state index contributed by atoms with van der Waals surface area (Å²) < 4.78 is 5.87. The van der Waals surface area contributed by atoms with Crippen LogP contribution < -0.4 is 5.32 Å². The van der Waals surface area contributed by atoms with Crippen LogP contribution in [0.5, 0.6) is 0 Å². The molecule has 1 N–H and O–H groups in total. The predicted molar refractivity (Wildman–Crippen MR) is 87.7 cm³/mol. The smallest absolute Gasteiger partial charge is 0.340 e. The van der Waals surface area contributed by atoms with Crippen LogP contribution in [0.1, 0.15) is 15.9 Å². The molecule has 0 bridgehead atoms. The number of halogens is 2. The lowest BCUT2D eigenvalue weighted by molar-refractivity contribution is -0.124. The van der Waals surface area contributed by atoms with Gasteiger partial charge in [-0.3, -0.25) is 4.79 Å². The van der Waals surface area contributed by atoms with E-state index in [0.717, 1.165) is 10.0 Å². The van der Waals surface area contributed by atoms with Crippen LogP contribution in [0, 0.1) is 0 Å². The van der Waals surface area contributed by atoms with Crippen LogP contribution in [-0.2, 0) is 16.1 Å². The van der Waals surface area contributed by atoms with Gasteiger partial charge in [-0.15, -0.1) is 0 Å². The number of hydrogen-bond donors (Lipinski definition) is 1. The number of esters is 1. The Kier molecular flexibility index (Phi) is 5.98. The molecule has 0 spiro atoms. The summed E-state index contributed by atoms with van der Waals surface area (Å²) in [5, 5.41) is 2.97. The van der Waals surface area contributed by atoms with Crippen molar-refractivity contribution in [3.8, 4) is 0 Å². The summed E-state index contributed by atoms with van der Waals surface area (Å²) in [4.78, 5) is 23.5. The monoisotopic (exact) mass is 381 g/mol. The third kappa shape index (κ3) is 4.86. The van der Waals surface area contributed by atoms with E-state index in [-0.39, 0.29) is 18.1 Å². The summed E-state index contributed by atoms with van der Waals surface area (Å²) in [6, 6.07) is 14.1. The van der Waals surface area contributed by atoms with E-state index in [2.05, 4.69) is 21.2 Å². The molecular formula is C16H13BrClNO3. The molecule has 0 aliphatic rings. The minimum absolute atomic E-state index is 0.240. The molecule has 0 heterocycles. The van der Waals surface area contributed by atoms with Gasteiger partial charge in [0.2, 0.25) is 0 Å². The van der Waals surface area contributed by atoms with Gasteiger partial charge in [-0.05, 0) is 29.8 Å². The summed E-state index contributed by atoms with van der Waals surface area (Å²) in [5.74, 6) is -0.997. The highest BCUT2D eigenvalue weighted by molar-refractivity contribution is 9.10. The number of rotatable bonds is 5. The number of ether oxygens (including phenoxy) is 1. The van der Waals surface area contributed by atoms with Crippen molar-refractivity contribution in [3.63, 3.8) is 0 Å². The van der Waals surface area contributed by atoms with E-state index in [4.69, 9.17) is 16.3 Å². The fourth-order valence-electron chi connectivity index (χ4n) is 1.73. The first kappa shape index (κ1) is 16.5. The molecular weight excluding hydrogens is 370 g/mol. The minimum atomic E-state index is -0.622. The van der Waals surface area contributed by atoms with Crippen LogP contribution in [0.2, 0.25) is 5.02 Å². The maximum Gasteiger partial charge on any atom is 0.340 e. The first-order valence-corrected chi connectivity index (χ1v) is 7.66. The van der Waals surface area contributed by atoms with Crippen LogP contribution in [0.4, 0.5) is 0 Å². The number of carbonyl (C=O) groups is 2. The minimum Gasteiger partial charge on any atom is -0.452 e. The van der Waals surface area contributed by atoms with Crippen molar-refractivity contribution < 1.29 is 14.3 Å². The molecule has 2 rings (SSSR count). The molecule has 2 aromatic rings. The largest absolute Gasteiger partial charge is 0.452 e. The quantitative estimate of drug-likeness (QED) is 0.804. The summed E-state index contributed by atoms with van der Waals surface area (Å²) in [6.07, 6.45) is 0. The van der Waals surface area contributed by atoms with E-state index in [0.29, 0.717) is 11.6 Å². The van der Waals surface area contributed by atoms with Crippen molar-refractivity contribution in [3.05, 3.63) is 69.2 Å². The predicted octanol–water partition coefficient (Wildman–Crippen LogP) is 3.58. The summed E-state index contributed by atoms with van der Waals surface area (Å²) >= 11 is 9.24. The summed E-state index contributed by atoms with van der Waals surface area (Å²) in [6.45, 7) is 0.0139. The average molecular weight is 383 g/mol. The highest BCUT2D eigenvalue weighted by atomic mass is 79.9. The van der Waals surface area contributed by atoms with E-state index >= 15 is 0 Å². The normalized spacial score (nSPS) is 10.1. The SMILES string of the molecule is O=C(COC(=O)c1ccccc1Cl)NCc1cccc(Br)c1. The molecule has 0 aliphatic heterocycles. The Bertz CT molecular complexity index is 691. The van der Waals surface area contributed by atoms with Gasteiger partial charge < -0.3 is 10.1 Å². The zero-order valence-electron chi connectivity index (χ0n) is 11.5. The summed E-state index contributed by atoms with van der Waals surface area (Å²) in [5.41, 5.74) is 1.18. The van der Waals surface area contributed by atoms with E-state index in [1.54, 1.807) is 24.3 Å². The Hall–Kier alpha value is -1.85. The molecule has 114 valence electrons. The zero-order chi connectivity index (χ0) is 15.9. The van der Waals surface area contributed by atoms with Gasteiger partial charge in [-0.2, -0.15) is 0 Å². The Labute approximate surface area is 141 Å². The lowest BCUT2D eigenvalue weighted by Gasteiger charge is -2.07. The molecule has 0 unspecified atom stereocenters. The van der Waals surface area contributed by atoms with Crippen LogP contribution in [0.25, 0.3) is 0 Å². The lowest BCUT2D eigenvalue weighted by atomic mass is 10.2. The molecule has 22 heavy (non-hydrogen) atoms. The van der Waals surface area contributed by atoms with Gasteiger partial charge in [-0.1, -0.05) is 51.8 Å². The number of hydrogen-bond acceptors (Lipinski definition) is 3. The van der Waals surface area contributed by atoms with Crippen LogP contribution in [-0.4, -0.2) is 18.5 Å². The molecule has 0 saturated carbocycles. The van der Waals surface area contributed by atoms with Crippen molar-refractivity contribution in [1.29, 1.82) is 0 Å². The molecule has 0 radical (unpaired) electrons. The second kappa shape index (κ2) is 7.96. The Morgan fingerprint density at radius 2 is 1.91 bits per heavy atom. The summed E-state index contributed by atoms with van der Waals surface area (Å²) in [7, 11) is 0. The third-order valence-corrected chi connectivity index (χ3v) is 3.63. The Balaban J connectivity index is 1.81. The van der Waals surface area contributed by atoms with E-state index in [9.17, 15) is 9.59 Å². The second-order valence-corrected chi connectivity index (χ2v) is 5.79. The number of amides is 1. The zero-order valence-corrected chi connectivity index (χ0v) is 13.9. The third-order valence-electron chi connectivity index (χ3n) is 2.81. The highest BCUT2D eigenvalue weighted by Gasteiger charge is 2.12. The van der Waals surface area contributed by atoms with Gasteiger partial charge in [0, 0.05) is 11.0 Å². The van der Waals surface area contributed by atoms with Crippen molar-refractivity contribution in [1.82, 2.24) is 5.32 Å². The number of carbonyl (C=O) groups excluding carboxylic acids is 2. The van der Waals surface area contributed by atoms with Crippen molar-refractivity contribution >= 4 is 39.4 Å². The molecule has 2 aromatic carbocycles. The molecule has 0 aliphatic carbocycles. The van der Waals surface area contributed by atoms with Crippen LogP contribution in [0.15, 0.2) is 53.0 Å². The fraction of sp³-hybridized carbons (Fsp3) is 0.125. The molecule has 0 aromatic heterocycles. The first-order chi connectivity index (χ1) is 10.6. The number of benzene rings is 2. The standard InChI is InChI=1S/C16H13BrClNO3/c17-12-5-3-4-11(8-12)9-19-15(20)10-22-16(21)13-6-1-2-7-14(13)18/h1-8H,9-10H2,(H,19,20). The van der Waals surface area contributed by atoms with Crippen molar-refractivity contribution in [2.45, 2.75) is 6.54 Å². The van der Waals surface area contributed by atoms with Crippen molar-refractivity contribution in [2.75, 3.05) is 6.61 Å². The maximum absolute atomic E-state index is 11.8. The van der Waals surface area contributed by atoms with Crippen LogP contribution in [0.3, 0.4) is 0 Å². The lowest BCUT2D eigenvalue weighted by Crippen LogP contribution is -2.28. The van der Waals surface area contributed by atoms with E-state index in [1.165, 1.54) is 0 Å². The maximum atomic E-state index is 11.8. The molecule has 0 saturated heterocycles. The van der Waals surface area contributed by atoms with Gasteiger partial charge >= 0.3 is 5.97 Å². The molecule has 6 heteroatoms. The van der Waals surface area contributed by atoms with E-state index in [1.807, 2.05) is 24.3 Å². The van der Waals surface area contributed by atoms with Crippen LogP contribution >= 0.6 is 27.5 Å². The van der Waals surface area contributed by atoms with Gasteiger partial charge in [0.05, 0.1) is 10.6 Å². The highest BCUT2D eigenvalue weighted by Crippen LogP contribution is 2.15. The molecule has 0 atom stereocenters.